The standard InChI is InChI=1S/C11H15N5O2/c1-7-8(5-12-15(7)4)9-6-16(14-13-9)11(2,3)10(17)18/h5-6H,1-4H3,(H,17,18). The van der Waals surface area contributed by atoms with Gasteiger partial charge >= 0.3 is 5.97 Å². The molecule has 7 nitrogen and oxygen atoms in total. The van der Waals surface area contributed by atoms with Crippen LogP contribution in [-0.4, -0.2) is 35.9 Å². The number of aromatic nitrogens is 5. The first-order valence-electron chi connectivity index (χ1n) is 5.49. The first-order chi connectivity index (χ1) is 8.34. The molecule has 0 aliphatic carbocycles. The van der Waals surface area contributed by atoms with Crippen LogP contribution in [0.2, 0.25) is 0 Å². The summed E-state index contributed by atoms with van der Waals surface area (Å²) in [4.78, 5) is 11.1. The minimum absolute atomic E-state index is 0.620. The van der Waals surface area contributed by atoms with Gasteiger partial charge < -0.3 is 5.11 Å². The quantitative estimate of drug-likeness (QED) is 0.869. The fraction of sp³-hybridized carbons (Fsp3) is 0.455. The molecule has 0 aromatic carbocycles. The number of carboxylic acid groups (broad SMARTS) is 1. The topological polar surface area (TPSA) is 85.8 Å². The summed E-state index contributed by atoms with van der Waals surface area (Å²) in [6.45, 7) is 5.07. The molecule has 0 aliphatic rings. The smallest absolute Gasteiger partial charge is 0.331 e. The predicted octanol–water partition coefficient (Wildman–Crippen LogP) is 0.807. The summed E-state index contributed by atoms with van der Waals surface area (Å²) in [7, 11) is 1.84. The number of carbonyl (C=O) groups is 1. The molecule has 0 unspecified atom stereocenters. The van der Waals surface area contributed by atoms with E-state index in [-0.39, 0.29) is 0 Å². The molecule has 0 fully saturated rings. The first-order valence-corrected chi connectivity index (χ1v) is 5.49. The van der Waals surface area contributed by atoms with E-state index in [9.17, 15) is 4.79 Å². The van der Waals surface area contributed by atoms with Crippen molar-refractivity contribution >= 4 is 5.97 Å². The summed E-state index contributed by atoms with van der Waals surface area (Å²) in [5, 5.41) is 21.1. The van der Waals surface area contributed by atoms with Crippen molar-refractivity contribution in [3.63, 3.8) is 0 Å². The van der Waals surface area contributed by atoms with Crippen LogP contribution in [0.3, 0.4) is 0 Å². The normalized spacial score (nSPS) is 11.8. The van der Waals surface area contributed by atoms with Gasteiger partial charge in [0.1, 0.15) is 5.69 Å². The van der Waals surface area contributed by atoms with E-state index in [2.05, 4.69) is 15.4 Å². The molecule has 0 saturated carbocycles. The molecule has 0 bridgehead atoms. The Balaban J connectivity index is 2.43. The Bertz CT molecular complexity index is 596. The average molecular weight is 249 g/mol. The van der Waals surface area contributed by atoms with Gasteiger partial charge in [0.05, 0.1) is 12.4 Å². The van der Waals surface area contributed by atoms with Gasteiger partial charge in [-0.15, -0.1) is 5.10 Å². The Morgan fingerprint density at radius 1 is 1.44 bits per heavy atom. The number of aryl methyl sites for hydroxylation is 1. The molecule has 0 radical (unpaired) electrons. The van der Waals surface area contributed by atoms with Crippen LogP contribution in [-0.2, 0) is 17.4 Å². The van der Waals surface area contributed by atoms with E-state index >= 15 is 0 Å². The Morgan fingerprint density at radius 2 is 2.11 bits per heavy atom. The molecule has 1 N–H and O–H groups in total. The van der Waals surface area contributed by atoms with Crippen molar-refractivity contribution < 1.29 is 9.90 Å². The SMILES string of the molecule is Cc1c(-c2cn(C(C)(C)C(=O)O)nn2)cnn1C. The molecular formula is C11H15N5O2. The third kappa shape index (κ3) is 1.77. The monoisotopic (exact) mass is 249 g/mol. The molecule has 18 heavy (non-hydrogen) atoms. The summed E-state index contributed by atoms with van der Waals surface area (Å²) >= 11 is 0. The van der Waals surface area contributed by atoms with E-state index in [0.29, 0.717) is 5.69 Å². The number of hydrogen-bond donors (Lipinski definition) is 1. The zero-order valence-electron chi connectivity index (χ0n) is 10.7. The molecular weight excluding hydrogens is 234 g/mol. The molecule has 7 heteroatoms. The molecule has 2 aromatic heterocycles. The van der Waals surface area contributed by atoms with Crippen LogP contribution in [0.5, 0.6) is 0 Å². The first kappa shape index (κ1) is 12.3. The second-order valence-corrected chi connectivity index (χ2v) is 4.68. The summed E-state index contributed by atoms with van der Waals surface area (Å²) < 4.78 is 3.08. The van der Waals surface area contributed by atoms with Crippen molar-refractivity contribution in [1.82, 2.24) is 24.8 Å². The highest BCUT2D eigenvalue weighted by Gasteiger charge is 2.31. The van der Waals surface area contributed by atoms with E-state index < -0.39 is 11.5 Å². The summed E-state index contributed by atoms with van der Waals surface area (Å²) in [5.41, 5.74) is 1.30. The number of rotatable bonds is 3. The molecule has 0 saturated heterocycles. The van der Waals surface area contributed by atoms with Gasteiger partial charge in [-0.3, -0.25) is 4.68 Å². The van der Waals surface area contributed by atoms with Crippen molar-refractivity contribution in [3.8, 4) is 11.3 Å². The van der Waals surface area contributed by atoms with Crippen LogP contribution in [0.4, 0.5) is 0 Å². The average Bonchev–Trinajstić information content (AvgIpc) is 2.88. The van der Waals surface area contributed by atoms with Gasteiger partial charge in [-0.05, 0) is 20.8 Å². The fourth-order valence-electron chi connectivity index (χ4n) is 1.51. The van der Waals surface area contributed by atoms with Gasteiger partial charge in [0.25, 0.3) is 0 Å². The number of carboxylic acids is 1. The summed E-state index contributed by atoms with van der Waals surface area (Å²) in [6.07, 6.45) is 3.32. The van der Waals surface area contributed by atoms with Crippen molar-refractivity contribution in [2.24, 2.45) is 7.05 Å². The molecule has 96 valence electrons. The van der Waals surface area contributed by atoms with Crippen LogP contribution < -0.4 is 0 Å². The maximum Gasteiger partial charge on any atom is 0.331 e. The van der Waals surface area contributed by atoms with E-state index in [1.165, 1.54) is 4.68 Å². The molecule has 0 spiro atoms. The van der Waals surface area contributed by atoms with Crippen molar-refractivity contribution in [3.05, 3.63) is 18.1 Å². The number of hydrogen-bond acceptors (Lipinski definition) is 4. The highest BCUT2D eigenvalue weighted by molar-refractivity contribution is 5.75. The maximum atomic E-state index is 11.1. The minimum Gasteiger partial charge on any atom is -0.479 e. The Morgan fingerprint density at radius 3 is 2.61 bits per heavy atom. The van der Waals surface area contributed by atoms with Crippen LogP contribution >= 0.6 is 0 Å². The minimum atomic E-state index is -1.12. The molecule has 2 aromatic rings. The predicted molar refractivity (Wildman–Crippen MR) is 63.9 cm³/mol. The Labute approximate surface area is 104 Å². The summed E-state index contributed by atoms with van der Waals surface area (Å²) in [5.74, 6) is -0.957. The fourth-order valence-corrected chi connectivity index (χ4v) is 1.51. The molecule has 2 heterocycles. The number of nitrogens with zero attached hydrogens (tertiary/aromatic N) is 5. The third-order valence-electron chi connectivity index (χ3n) is 3.10. The lowest BCUT2D eigenvalue weighted by molar-refractivity contribution is -0.146. The van der Waals surface area contributed by atoms with Gasteiger partial charge in [0.2, 0.25) is 0 Å². The van der Waals surface area contributed by atoms with Crippen molar-refractivity contribution in [1.29, 1.82) is 0 Å². The second kappa shape index (κ2) is 3.94. The maximum absolute atomic E-state index is 11.1. The lowest BCUT2D eigenvalue weighted by Crippen LogP contribution is -2.36. The second-order valence-electron chi connectivity index (χ2n) is 4.68. The lowest BCUT2D eigenvalue weighted by atomic mass is 10.1. The van der Waals surface area contributed by atoms with Gasteiger partial charge in [0.15, 0.2) is 5.54 Å². The van der Waals surface area contributed by atoms with Gasteiger partial charge in [-0.25, -0.2) is 9.48 Å². The summed E-state index contributed by atoms with van der Waals surface area (Å²) in [6, 6.07) is 0. The van der Waals surface area contributed by atoms with E-state index in [0.717, 1.165) is 11.3 Å². The van der Waals surface area contributed by atoms with Crippen LogP contribution in [0.25, 0.3) is 11.3 Å². The molecule has 0 amide bonds. The van der Waals surface area contributed by atoms with Gasteiger partial charge in [-0.2, -0.15) is 5.10 Å². The zero-order chi connectivity index (χ0) is 13.5. The molecule has 2 rings (SSSR count). The third-order valence-corrected chi connectivity index (χ3v) is 3.10. The lowest BCUT2D eigenvalue weighted by Gasteiger charge is -2.18. The van der Waals surface area contributed by atoms with Crippen molar-refractivity contribution in [2.75, 3.05) is 0 Å². The largest absolute Gasteiger partial charge is 0.479 e. The van der Waals surface area contributed by atoms with E-state index in [4.69, 9.17) is 5.11 Å². The number of aliphatic carboxylic acids is 1. The zero-order valence-corrected chi connectivity index (χ0v) is 10.7. The van der Waals surface area contributed by atoms with E-state index in [1.54, 1.807) is 30.9 Å². The van der Waals surface area contributed by atoms with Gasteiger partial charge in [0, 0.05) is 18.3 Å². The van der Waals surface area contributed by atoms with Crippen LogP contribution in [0, 0.1) is 6.92 Å². The Hall–Kier alpha value is -2.18. The molecule has 0 atom stereocenters. The molecule has 0 aliphatic heterocycles. The van der Waals surface area contributed by atoms with Crippen LogP contribution in [0.1, 0.15) is 19.5 Å². The highest BCUT2D eigenvalue weighted by atomic mass is 16.4. The Kier molecular flexibility index (Phi) is 2.68. The van der Waals surface area contributed by atoms with Crippen LogP contribution in [0.15, 0.2) is 12.4 Å². The highest BCUT2D eigenvalue weighted by Crippen LogP contribution is 2.22. The van der Waals surface area contributed by atoms with Crippen molar-refractivity contribution in [2.45, 2.75) is 26.3 Å². The van der Waals surface area contributed by atoms with E-state index in [1.807, 2.05) is 14.0 Å². The van der Waals surface area contributed by atoms with Gasteiger partial charge in [-0.1, -0.05) is 5.21 Å².